The van der Waals surface area contributed by atoms with Crippen LogP contribution < -0.4 is 0 Å². The first-order chi connectivity index (χ1) is 5.83. The molecule has 0 amide bonds. The lowest BCUT2D eigenvalue weighted by Gasteiger charge is -2.05. The lowest BCUT2D eigenvalue weighted by atomic mass is 10.1. The Morgan fingerprint density at radius 3 is 2.58 bits per heavy atom. The van der Waals surface area contributed by atoms with Crippen molar-refractivity contribution in [1.82, 2.24) is 0 Å². The van der Waals surface area contributed by atoms with Crippen molar-refractivity contribution in [3.05, 3.63) is 35.9 Å². The van der Waals surface area contributed by atoms with E-state index in [4.69, 9.17) is 11.9 Å². The van der Waals surface area contributed by atoms with Gasteiger partial charge < -0.3 is 0 Å². The summed E-state index contributed by atoms with van der Waals surface area (Å²) < 4.78 is 4.64. The smallest absolute Gasteiger partial charge is 0.0766 e. The SMILES string of the molecule is CC(CCc1ccccc1)OCl. The van der Waals surface area contributed by atoms with Gasteiger partial charge in [0.15, 0.2) is 0 Å². The van der Waals surface area contributed by atoms with Crippen molar-refractivity contribution in [3.8, 4) is 0 Å². The van der Waals surface area contributed by atoms with Crippen molar-refractivity contribution >= 4 is 11.9 Å². The Kier molecular flexibility index (Phi) is 4.12. The molecule has 2 heteroatoms. The number of aryl methyl sites for hydroxylation is 1. The van der Waals surface area contributed by atoms with Gasteiger partial charge in [-0.2, -0.15) is 0 Å². The topological polar surface area (TPSA) is 9.23 Å². The molecule has 1 nitrogen and oxygen atoms in total. The number of hydrogen-bond acceptors (Lipinski definition) is 1. The van der Waals surface area contributed by atoms with Gasteiger partial charge in [0.25, 0.3) is 0 Å². The van der Waals surface area contributed by atoms with Crippen molar-refractivity contribution in [1.29, 1.82) is 0 Å². The Bertz CT molecular complexity index is 210. The van der Waals surface area contributed by atoms with Crippen LogP contribution in [0.15, 0.2) is 30.3 Å². The summed E-state index contributed by atoms with van der Waals surface area (Å²) in [5.74, 6) is 0. The Morgan fingerprint density at radius 1 is 1.33 bits per heavy atom. The Labute approximate surface area is 78.5 Å². The second-order valence-electron chi connectivity index (χ2n) is 2.92. The highest BCUT2D eigenvalue weighted by molar-refractivity contribution is 6.07. The van der Waals surface area contributed by atoms with Gasteiger partial charge in [-0.25, -0.2) is 0 Å². The summed E-state index contributed by atoms with van der Waals surface area (Å²) in [4.78, 5) is 0. The zero-order chi connectivity index (χ0) is 8.81. The fourth-order valence-corrected chi connectivity index (χ4v) is 1.15. The van der Waals surface area contributed by atoms with Crippen LogP contribution in [0.5, 0.6) is 0 Å². The molecule has 0 saturated carbocycles. The highest BCUT2D eigenvalue weighted by atomic mass is 35.5. The van der Waals surface area contributed by atoms with Gasteiger partial charge in [0, 0.05) is 0 Å². The molecule has 0 aromatic heterocycles. The molecule has 66 valence electrons. The molecule has 1 aromatic rings. The molecular weight excluding hydrogens is 172 g/mol. The van der Waals surface area contributed by atoms with Crippen LogP contribution in [0.25, 0.3) is 0 Å². The molecule has 12 heavy (non-hydrogen) atoms. The number of halogens is 1. The van der Waals surface area contributed by atoms with Crippen LogP contribution in [0.2, 0.25) is 0 Å². The van der Waals surface area contributed by atoms with Crippen molar-refractivity contribution in [2.45, 2.75) is 25.9 Å². The van der Waals surface area contributed by atoms with E-state index in [9.17, 15) is 0 Å². The van der Waals surface area contributed by atoms with E-state index in [1.807, 2.05) is 25.1 Å². The molecule has 0 saturated heterocycles. The summed E-state index contributed by atoms with van der Waals surface area (Å²) in [6.07, 6.45) is 2.12. The maximum Gasteiger partial charge on any atom is 0.0766 e. The molecule has 1 atom stereocenters. The molecule has 1 unspecified atom stereocenters. The molecule has 0 bridgehead atoms. The minimum absolute atomic E-state index is 0.131. The zero-order valence-electron chi connectivity index (χ0n) is 7.16. The van der Waals surface area contributed by atoms with Crippen LogP contribution in [-0.4, -0.2) is 6.10 Å². The first-order valence-corrected chi connectivity index (χ1v) is 4.45. The summed E-state index contributed by atoms with van der Waals surface area (Å²) in [6.45, 7) is 1.97. The van der Waals surface area contributed by atoms with E-state index in [0.29, 0.717) is 0 Å². The third-order valence-corrected chi connectivity index (χ3v) is 2.14. The van der Waals surface area contributed by atoms with Gasteiger partial charge in [0.2, 0.25) is 0 Å². The molecule has 0 aliphatic carbocycles. The minimum atomic E-state index is 0.131. The Balaban J connectivity index is 2.33. The van der Waals surface area contributed by atoms with Crippen LogP contribution in [0, 0.1) is 0 Å². The second kappa shape index (κ2) is 5.18. The summed E-state index contributed by atoms with van der Waals surface area (Å²) in [6, 6.07) is 10.3. The van der Waals surface area contributed by atoms with Crippen LogP contribution in [0.3, 0.4) is 0 Å². The van der Waals surface area contributed by atoms with Gasteiger partial charge >= 0.3 is 0 Å². The molecule has 0 fully saturated rings. The third kappa shape index (κ3) is 3.24. The summed E-state index contributed by atoms with van der Waals surface area (Å²) >= 11 is 5.22. The van der Waals surface area contributed by atoms with Gasteiger partial charge in [-0.3, -0.25) is 4.29 Å². The molecule has 0 radical (unpaired) electrons. The van der Waals surface area contributed by atoms with Gasteiger partial charge in [0.1, 0.15) is 0 Å². The quantitative estimate of drug-likeness (QED) is 0.699. The summed E-state index contributed by atoms with van der Waals surface area (Å²) in [7, 11) is 0. The minimum Gasteiger partial charge on any atom is -0.276 e. The summed E-state index contributed by atoms with van der Waals surface area (Å²) in [5, 5.41) is 0. The van der Waals surface area contributed by atoms with Crippen LogP contribution in [0.1, 0.15) is 18.9 Å². The Morgan fingerprint density at radius 2 is 2.00 bits per heavy atom. The lowest BCUT2D eigenvalue weighted by molar-refractivity contribution is 0.234. The van der Waals surface area contributed by atoms with Crippen molar-refractivity contribution in [3.63, 3.8) is 0 Å². The maximum atomic E-state index is 5.22. The summed E-state index contributed by atoms with van der Waals surface area (Å²) in [5.41, 5.74) is 1.33. The van der Waals surface area contributed by atoms with E-state index >= 15 is 0 Å². The van der Waals surface area contributed by atoms with Crippen LogP contribution in [-0.2, 0) is 10.7 Å². The fourth-order valence-electron chi connectivity index (χ4n) is 1.06. The van der Waals surface area contributed by atoms with E-state index in [1.54, 1.807) is 0 Å². The number of rotatable bonds is 4. The zero-order valence-corrected chi connectivity index (χ0v) is 7.92. The molecule has 0 N–H and O–H groups in total. The molecular formula is C10H13ClO. The molecule has 0 spiro atoms. The third-order valence-electron chi connectivity index (χ3n) is 1.83. The molecule has 1 aromatic carbocycles. The highest BCUT2D eigenvalue weighted by Gasteiger charge is 2.00. The van der Waals surface area contributed by atoms with Crippen molar-refractivity contribution in [2.24, 2.45) is 0 Å². The Hall–Kier alpha value is -0.530. The molecule has 0 heterocycles. The standard InChI is InChI=1S/C10H13ClO/c1-9(12-11)7-8-10-5-3-2-4-6-10/h2-6,9H,7-8H2,1H3. The van der Waals surface area contributed by atoms with Gasteiger partial charge in [-0.05, 0) is 25.3 Å². The predicted molar refractivity (Wildman–Crippen MR) is 51.2 cm³/mol. The van der Waals surface area contributed by atoms with E-state index in [-0.39, 0.29) is 6.10 Å². The average molecular weight is 185 g/mol. The van der Waals surface area contributed by atoms with E-state index < -0.39 is 0 Å². The van der Waals surface area contributed by atoms with Crippen LogP contribution in [0.4, 0.5) is 0 Å². The average Bonchev–Trinajstić information content (AvgIpc) is 2.16. The van der Waals surface area contributed by atoms with E-state index in [1.165, 1.54) is 5.56 Å². The predicted octanol–water partition coefficient (Wildman–Crippen LogP) is 3.18. The van der Waals surface area contributed by atoms with Gasteiger partial charge in [-0.15, -0.1) is 0 Å². The number of benzene rings is 1. The first kappa shape index (κ1) is 9.56. The molecule has 0 aliphatic rings. The van der Waals surface area contributed by atoms with Crippen molar-refractivity contribution in [2.75, 3.05) is 0 Å². The van der Waals surface area contributed by atoms with E-state index in [0.717, 1.165) is 12.8 Å². The maximum absolute atomic E-state index is 5.22. The number of hydrogen-bond donors (Lipinski definition) is 0. The van der Waals surface area contributed by atoms with Crippen molar-refractivity contribution < 1.29 is 4.29 Å². The molecule has 1 rings (SSSR count). The highest BCUT2D eigenvalue weighted by Crippen LogP contribution is 2.07. The van der Waals surface area contributed by atoms with Crippen LogP contribution >= 0.6 is 11.9 Å². The fraction of sp³-hybridized carbons (Fsp3) is 0.400. The monoisotopic (exact) mass is 184 g/mol. The van der Waals surface area contributed by atoms with Gasteiger partial charge in [0.05, 0.1) is 18.0 Å². The van der Waals surface area contributed by atoms with E-state index in [2.05, 4.69) is 16.4 Å². The normalized spacial score (nSPS) is 12.8. The molecule has 0 aliphatic heterocycles. The second-order valence-corrected chi connectivity index (χ2v) is 3.10. The lowest BCUT2D eigenvalue weighted by Crippen LogP contribution is -2.02. The largest absolute Gasteiger partial charge is 0.276 e. The van der Waals surface area contributed by atoms with Gasteiger partial charge in [-0.1, -0.05) is 30.3 Å². The first-order valence-electron chi connectivity index (χ1n) is 4.14.